The molecule has 0 radical (unpaired) electrons. The molecule has 0 aliphatic carbocycles. The lowest BCUT2D eigenvalue weighted by atomic mass is 10.1. The minimum atomic E-state index is -0.169. The van der Waals surface area contributed by atoms with Crippen LogP contribution in [0.4, 0.5) is 10.5 Å². The molecule has 0 aliphatic rings. The maximum Gasteiger partial charge on any atom is 0.321 e. The largest absolute Gasteiger partial charge is 0.393 e. The van der Waals surface area contributed by atoms with E-state index >= 15 is 0 Å². The first-order valence-corrected chi connectivity index (χ1v) is 6.77. The van der Waals surface area contributed by atoms with Gasteiger partial charge in [-0.05, 0) is 11.5 Å². The van der Waals surface area contributed by atoms with Crippen LogP contribution in [0.15, 0.2) is 42.5 Å². The quantitative estimate of drug-likeness (QED) is 0.850. The Bertz CT molecular complexity index is 637. The van der Waals surface area contributed by atoms with Crippen LogP contribution < -0.4 is 11.1 Å². The number of nitrogens with one attached hydrogen (secondary N) is 1. The number of carbonyl (C=O) groups excluding carboxylic acids is 1. The molecule has 0 aliphatic heterocycles. The first kappa shape index (κ1) is 14.3. The highest BCUT2D eigenvalue weighted by atomic mass is 32.1. The average molecular weight is 287 g/mol. The molecule has 0 saturated heterocycles. The van der Waals surface area contributed by atoms with Gasteiger partial charge in [-0.3, -0.25) is 0 Å². The van der Waals surface area contributed by atoms with Gasteiger partial charge in [-0.25, -0.2) is 4.79 Å². The third kappa shape index (κ3) is 3.45. The molecular formula is C15H17N3OS. The maximum absolute atomic E-state index is 12.1. The van der Waals surface area contributed by atoms with Gasteiger partial charge in [0.1, 0.15) is 0 Å². The molecule has 3 N–H and O–H groups in total. The van der Waals surface area contributed by atoms with Crippen molar-refractivity contribution in [3.63, 3.8) is 0 Å². The van der Waals surface area contributed by atoms with Crippen molar-refractivity contribution in [2.45, 2.75) is 6.42 Å². The topological polar surface area (TPSA) is 58.4 Å². The average Bonchev–Trinajstić information content (AvgIpc) is 2.45. The van der Waals surface area contributed by atoms with E-state index in [1.54, 1.807) is 11.9 Å². The van der Waals surface area contributed by atoms with Crippen LogP contribution in [-0.2, 0) is 0 Å². The van der Waals surface area contributed by atoms with Crippen molar-refractivity contribution in [3.8, 4) is 0 Å². The summed E-state index contributed by atoms with van der Waals surface area (Å²) < 4.78 is 0. The van der Waals surface area contributed by atoms with Gasteiger partial charge in [-0.15, -0.1) is 0 Å². The van der Waals surface area contributed by atoms with Crippen molar-refractivity contribution in [3.05, 3.63) is 42.5 Å². The lowest BCUT2D eigenvalue weighted by Crippen LogP contribution is -2.33. The highest BCUT2D eigenvalue weighted by molar-refractivity contribution is 7.80. The van der Waals surface area contributed by atoms with E-state index in [1.165, 1.54) is 0 Å². The van der Waals surface area contributed by atoms with Crippen molar-refractivity contribution >= 4 is 39.7 Å². The summed E-state index contributed by atoms with van der Waals surface area (Å²) in [6, 6.07) is 13.6. The van der Waals surface area contributed by atoms with Crippen LogP contribution in [0.5, 0.6) is 0 Å². The van der Waals surface area contributed by atoms with Crippen molar-refractivity contribution in [2.24, 2.45) is 5.73 Å². The molecule has 0 bridgehead atoms. The van der Waals surface area contributed by atoms with E-state index in [0.717, 1.165) is 16.5 Å². The summed E-state index contributed by atoms with van der Waals surface area (Å²) in [5.41, 5.74) is 6.24. The molecule has 5 heteroatoms. The van der Waals surface area contributed by atoms with E-state index in [-0.39, 0.29) is 6.03 Å². The molecule has 0 unspecified atom stereocenters. The zero-order valence-electron chi connectivity index (χ0n) is 11.3. The van der Waals surface area contributed by atoms with Crippen LogP contribution >= 0.6 is 12.2 Å². The molecule has 4 nitrogen and oxygen atoms in total. The number of anilines is 1. The molecule has 2 rings (SSSR count). The van der Waals surface area contributed by atoms with Crippen molar-refractivity contribution in [1.82, 2.24) is 4.90 Å². The van der Waals surface area contributed by atoms with E-state index in [1.807, 2.05) is 42.5 Å². The Morgan fingerprint density at radius 2 is 1.95 bits per heavy atom. The number of carbonyl (C=O) groups is 1. The predicted molar refractivity (Wildman–Crippen MR) is 87.0 cm³/mol. The lowest BCUT2D eigenvalue weighted by molar-refractivity contribution is 0.224. The van der Waals surface area contributed by atoms with Crippen LogP contribution in [-0.4, -0.2) is 29.5 Å². The Morgan fingerprint density at radius 3 is 2.70 bits per heavy atom. The second kappa shape index (κ2) is 6.34. The fraction of sp³-hybridized carbons (Fsp3) is 0.200. The number of hydrogen-bond acceptors (Lipinski definition) is 2. The number of rotatable bonds is 4. The van der Waals surface area contributed by atoms with Crippen LogP contribution in [0.1, 0.15) is 6.42 Å². The Balaban J connectivity index is 2.12. The Labute approximate surface area is 123 Å². The highest BCUT2D eigenvalue weighted by Gasteiger charge is 2.10. The Kier molecular flexibility index (Phi) is 4.53. The molecule has 0 atom stereocenters. The second-order valence-corrected chi connectivity index (χ2v) is 5.12. The summed E-state index contributed by atoms with van der Waals surface area (Å²) >= 11 is 4.81. The molecule has 0 heterocycles. The zero-order chi connectivity index (χ0) is 14.5. The van der Waals surface area contributed by atoms with Gasteiger partial charge in [0.05, 0.1) is 10.7 Å². The van der Waals surface area contributed by atoms with Gasteiger partial charge < -0.3 is 16.0 Å². The summed E-state index contributed by atoms with van der Waals surface area (Å²) in [4.78, 5) is 14.1. The second-order valence-electron chi connectivity index (χ2n) is 4.59. The lowest BCUT2D eigenvalue weighted by Gasteiger charge is -2.18. The number of nitrogens with two attached hydrogens (primary N) is 1. The van der Waals surface area contributed by atoms with Crippen molar-refractivity contribution in [1.29, 1.82) is 0 Å². The summed E-state index contributed by atoms with van der Waals surface area (Å²) in [7, 11) is 1.72. The first-order valence-electron chi connectivity index (χ1n) is 6.36. The highest BCUT2D eigenvalue weighted by Crippen LogP contribution is 2.23. The molecule has 0 aromatic heterocycles. The number of fused-ring (bicyclic) bond motifs is 1. The smallest absolute Gasteiger partial charge is 0.321 e. The third-order valence-electron chi connectivity index (χ3n) is 3.07. The van der Waals surface area contributed by atoms with Crippen molar-refractivity contribution < 1.29 is 4.79 Å². The molecule has 2 aromatic carbocycles. The standard InChI is InChI=1S/C15H17N3OS/c1-18(10-9-14(16)20)15(19)17-13-8-4-6-11-5-2-3-7-12(11)13/h2-8H,9-10H2,1H3,(H2,16,20)(H,17,19). The molecule has 2 amide bonds. The monoisotopic (exact) mass is 287 g/mol. The molecule has 20 heavy (non-hydrogen) atoms. The predicted octanol–water partition coefficient (Wildman–Crippen LogP) is 2.98. The van der Waals surface area contributed by atoms with Crippen molar-refractivity contribution in [2.75, 3.05) is 18.9 Å². The third-order valence-corrected chi connectivity index (χ3v) is 3.28. The van der Waals surface area contributed by atoms with E-state index in [9.17, 15) is 4.79 Å². The summed E-state index contributed by atoms with van der Waals surface area (Å²) in [5, 5.41) is 5.02. The molecule has 0 saturated carbocycles. The van der Waals surface area contributed by atoms with E-state index < -0.39 is 0 Å². The number of hydrogen-bond donors (Lipinski definition) is 2. The molecule has 0 fully saturated rings. The van der Waals surface area contributed by atoms with Gasteiger partial charge >= 0.3 is 6.03 Å². The molecule has 104 valence electrons. The number of benzene rings is 2. The van der Waals surface area contributed by atoms with Gasteiger partial charge in [0.2, 0.25) is 0 Å². The van der Waals surface area contributed by atoms with Gasteiger partial charge in [0.15, 0.2) is 0 Å². The summed E-state index contributed by atoms with van der Waals surface area (Å²) in [5.74, 6) is 0. The normalized spacial score (nSPS) is 10.2. The first-order chi connectivity index (χ1) is 9.58. The summed E-state index contributed by atoms with van der Waals surface area (Å²) in [6.07, 6.45) is 0.523. The van der Waals surface area contributed by atoms with E-state index in [4.69, 9.17) is 18.0 Å². The SMILES string of the molecule is CN(CCC(N)=S)C(=O)Nc1cccc2ccccc12. The fourth-order valence-corrected chi connectivity index (χ4v) is 2.02. The molecule has 2 aromatic rings. The van der Waals surface area contributed by atoms with Crippen LogP contribution in [0.25, 0.3) is 10.8 Å². The van der Waals surface area contributed by atoms with Crippen LogP contribution in [0, 0.1) is 0 Å². The molecular weight excluding hydrogens is 270 g/mol. The van der Waals surface area contributed by atoms with Gasteiger partial charge in [-0.2, -0.15) is 0 Å². The van der Waals surface area contributed by atoms with Gasteiger partial charge in [-0.1, -0.05) is 48.6 Å². The fourth-order valence-electron chi connectivity index (χ4n) is 1.92. The number of nitrogens with zero attached hydrogens (tertiary/aromatic N) is 1. The van der Waals surface area contributed by atoms with Gasteiger partial charge in [0, 0.05) is 25.4 Å². The van der Waals surface area contributed by atoms with E-state index in [2.05, 4.69) is 5.32 Å². The Morgan fingerprint density at radius 1 is 1.25 bits per heavy atom. The maximum atomic E-state index is 12.1. The summed E-state index contributed by atoms with van der Waals surface area (Å²) in [6.45, 7) is 0.506. The van der Waals surface area contributed by atoms with Crippen LogP contribution in [0.2, 0.25) is 0 Å². The zero-order valence-corrected chi connectivity index (χ0v) is 12.1. The van der Waals surface area contributed by atoms with E-state index in [0.29, 0.717) is 18.0 Å². The van der Waals surface area contributed by atoms with Gasteiger partial charge in [0.25, 0.3) is 0 Å². The number of amides is 2. The minimum absolute atomic E-state index is 0.169. The molecule has 0 spiro atoms. The minimum Gasteiger partial charge on any atom is -0.393 e. The Hall–Kier alpha value is -2.14. The number of urea groups is 1. The number of thiocarbonyl (C=S) groups is 1. The van der Waals surface area contributed by atoms with Crippen LogP contribution in [0.3, 0.4) is 0 Å².